The molecule has 0 amide bonds. The third kappa shape index (κ3) is 2.28. The highest BCUT2D eigenvalue weighted by atomic mass is 16.5. The molecule has 0 saturated carbocycles. The van der Waals surface area contributed by atoms with Crippen LogP contribution in [0.25, 0.3) is 11.0 Å². The van der Waals surface area contributed by atoms with Crippen LogP contribution >= 0.6 is 0 Å². The van der Waals surface area contributed by atoms with Gasteiger partial charge in [-0.3, -0.25) is 4.98 Å². The zero-order chi connectivity index (χ0) is 13.2. The minimum absolute atomic E-state index is 0.331. The van der Waals surface area contributed by atoms with Gasteiger partial charge in [0, 0.05) is 11.8 Å². The van der Waals surface area contributed by atoms with Crippen LogP contribution in [-0.4, -0.2) is 19.9 Å². The third-order valence-electron chi connectivity index (χ3n) is 2.59. The summed E-state index contributed by atoms with van der Waals surface area (Å²) in [6, 6.07) is 7.22. The molecule has 0 bridgehead atoms. The van der Waals surface area contributed by atoms with Gasteiger partial charge >= 0.3 is 0 Å². The van der Waals surface area contributed by atoms with Gasteiger partial charge in [0.1, 0.15) is 17.6 Å². The van der Waals surface area contributed by atoms with Crippen molar-refractivity contribution in [2.45, 2.75) is 6.92 Å². The van der Waals surface area contributed by atoms with Gasteiger partial charge in [0.2, 0.25) is 5.88 Å². The fourth-order valence-corrected chi connectivity index (χ4v) is 1.63. The largest absolute Gasteiger partial charge is 0.437 e. The number of rotatable bonds is 2. The maximum atomic E-state index is 5.76. The molecule has 94 valence electrons. The van der Waals surface area contributed by atoms with Crippen LogP contribution in [-0.2, 0) is 0 Å². The standard InChI is InChI=1S/C13H11N5O/c1-8-2-3-9(6-15-8)19-11-5-4-10-12(18-11)13(14)17-7-16-10/h2-7H,1H3,(H2,14,16,17). The number of aryl methyl sites for hydroxylation is 1. The number of nitrogens with two attached hydrogens (primary N) is 1. The molecule has 0 saturated heterocycles. The molecule has 0 fully saturated rings. The average molecular weight is 253 g/mol. The quantitative estimate of drug-likeness (QED) is 0.752. The van der Waals surface area contributed by atoms with Crippen LogP contribution in [0, 0.1) is 6.92 Å². The highest BCUT2D eigenvalue weighted by Crippen LogP contribution is 2.22. The Morgan fingerprint density at radius 3 is 2.74 bits per heavy atom. The van der Waals surface area contributed by atoms with Gasteiger partial charge in [0.15, 0.2) is 5.82 Å². The number of hydrogen-bond donors (Lipinski definition) is 1. The predicted molar refractivity (Wildman–Crippen MR) is 70.8 cm³/mol. The lowest BCUT2D eigenvalue weighted by atomic mass is 10.3. The summed E-state index contributed by atoms with van der Waals surface area (Å²) < 4.78 is 5.61. The Morgan fingerprint density at radius 2 is 1.95 bits per heavy atom. The molecular weight excluding hydrogens is 242 g/mol. The molecule has 6 nitrogen and oxygen atoms in total. The van der Waals surface area contributed by atoms with Gasteiger partial charge in [-0.25, -0.2) is 15.0 Å². The highest BCUT2D eigenvalue weighted by molar-refractivity contribution is 5.83. The van der Waals surface area contributed by atoms with E-state index in [9.17, 15) is 0 Å². The fourth-order valence-electron chi connectivity index (χ4n) is 1.63. The van der Waals surface area contributed by atoms with E-state index in [-0.39, 0.29) is 0 Å². The van der Waals surface area contributed by atoms with E-state index in [1.807, 2.05) is 19.1 Å². The van der Waals surface area contributed by atoms with Crippen molar-refractivity contribution in [2.24, 2.45) is 0 Å². The van der Waals surface area contributed by atoms with E-state index >= 15 is 0 Å². The minimum atomic E-state index is 0.331. The average Bonchev–Trinajstić information content (AvgIpc) is 2.42. The van der Waals surface area contributed by atoms with Crippen molar-refractivity contribution in [2.75, 3.05) is 5.73 Å². The highest BCUT2D eigenvalue weighted by Gasteiger charge is 2.05. The molecule has 0 aliphatic carbocycles. The number of anilines is 1. The molecule has 0 aliphatic rings. The van der Waals surface area contributed by atoms with Crippen molar-refractivity contribution in [3.05, 3.63) is 42.5 Å². The summed E-state index contributed by atoms with van der Waals surface area (Å²) in [5.41, 5.74) is 7.89. The van der Waals surface area contributed by atoms with E-state index in [2.05, 4.69) is 19.9 Å². The lowest BCUT2D eigenvalue weighted by Gasteiger charge is -2.06. The second kappa shape index (κ2) is 4.49. The SMILES string of the molecule is Cc1ccc(Oc2ccc3ncnc(N)c3n2)cn1. The number of fused-ring (bicyclic) bond motifs is 1. The second-order valence-corrected chi connectivity index (χ2v) is 4.01. The van der Waals surface area contributed by atoms with Gasteiger partial charge in [0.05, 0.1) is 11.7 Å². The van der Waals surface area contributed by atoms with Gasteiger partial charge in [0.25, 0.3) is 0 Å². The van der Waals surface area contributed by atoms with Crippen LogP contribution in [0.15, 0.2) is 36.8 Å². The van der Waals surface area contributed by atoms with E-state index in [0.717, 1.165) is 5.69 Å². The number of ether oxygens (including phenoxy) is 1. The van der Waals surface area contributed by atoms with Crippen LogP contribution in [0.2, 0.25) is 0 Å². The van der Waals surface area contributed by atoms with E-state index in [4.69, 9.17) is 10.5 Å². The monoisotopic (exact) mass is 253 g/mol. The fraction of sp³-hybridized carbons (Fsp3) is 0.0769. The first kappa shape index (κ1) is 11.3. The topological polar surface area (TPSA) is 86.8 Å². The molecule has 19 heavy (non-hydrogen) atoms. The Morgan fingerprint density at radius 1 is 1.05 bits per heavy atom. The predicted octanol–water partition coefficient (Wildman–Crippen LogP) is 2.10. The number of nitrogens with zero attached hydrogens (tertiary/aromatic N) is 4. The van der Waals surface area contributed by atoms with Crippen molar-refractivity contribution in [3.8, 4) is 11.6 Å². The number of hydrogen-bond acceptors (Lipinski definition) is 6. The summed E-state index contributed by atoms with van der Waals surface area (Å²) in [6.45, 7) is 1.91. The molecule has 3 rings (SSSR count). The van der Waals surface area contributed by atoms with Crippen molar-refractivity contribution in [1.29, 1.82) is 0 Å². The summed E-state index contributed by atoms with van der Waals surface area (Å²) in [4.78, 5) is 16.4. The first-order valence-electron chi connectivity index (χ1n) is 5.70. The van der Waals surface area contributed by atoms with Crippen molar-refractivity contribution in [3.63, 3.8) is 0 Å². The third-order valence-corrected chi connectivity index (χ3v) is 2.59. The molecule has 0 aliphatic heterocycles. The zero-order valence-electron chi connectivity index (χ0n) is 10.2. The Labute approximate surface area is 109 Å². The first-order chi connectivity index (χ1) is 9.22. The normalized spacial score (nSPS) is 10.6. The number of nitrogen functional groups attached to an aromatic ring is 1. The van der Waals surface area contributed by atoms with Gasteiger partial charge < -0.3 is 10.5 Å². The summed E-state index contributed by atoms with van der Waals surface area (Å²) in [5.74, 6) is 1.38. The molecule has 0 aromatic carbocycles. The smallest absolute Gasteiger partial charge is 0.220 e. The van der Waals surface area contributed by atoms with E-state index in [0.29, 0.717) is 28.5 Å². The van der Waals surface area contributed by atoms with Crippen LogP contribution < -0.4 is 10.5 Å². The Kier molecular flexibility index (Phi) is 2.68. The lowest BCUT2D eigenvalue weighted by molar-refractivity contribution is 0.462. The lowest BCUT2D eigenvalue weighted by Crippen LogP contribution is -1.97. The van der Waals surface area contributed by atoms with Crippen LogP contribution in [0.1, 0.15) is 5.69 Å². The van der Waals surface area contributed by atoms with Crippen LogP contribution in [0.4, 0.5) is 5.82 Å². The molecule has 0 spiro atoms. The van der Waals surface area contributed by atoms with E-state index < -0.39 is 0 Å². The summed E-state index contributed by atoms with van der Waals surface area (Å²) >= 11 is 0. The Balaban J connectivity index is 1.97. The summed E-state index contributed by atoms with van der Waals surface area (Å²) in [5, 5.41) is 0. The van der Waals surface area contributed by atoms with Crippen LogP contribution in [0.5, 0.6) is 11.6 Å². The van der Waals surface area contributed by atoms with E-state index in [1.165, 1.54) is 6.33 Å². The molecule has 6 heteroatoms. The van der Waals surface area contributed by atoms with Crippen molar-refractivity contribution < 1.29 is 4.74 Å². The first-order valence-corrected chi connectivity index (χ1v) is 5.70. The maximum absolute atomic E-state index is 5.76. The van der Waals surface area contributed by atoms with E-state index in [1.54, 1.807) is 18.3 Å². The molecule has 3 heterocycles. The molecule has 0 radical (unpaired) electrons. The number of aromatic nitrogens is 4. The molecule has 3 aromatic rings. The maximum Gasteiger partial charge on any atom is 0.220 e. The van der Waals surface area contributed by atoms with Gasteiger partial charge in [-0.2, -0.15) is 0 Å². The number of pyridine rings is 2. The molecule has 0 unspecified atom stereocenters. The molecular formula is C13H11N5O. The Bertz CT molecular complexity index is 727. The molecule has 3 aromatic heterocycles. The minimum Gasteiger partial charge on any atom is -0.437 e. The second-order valence-electron chi connectivity index (χ2n) is 4.01. The molecule has 2 N–H and O–H groups in total. The van der Waals surface area contributed by atoms with Gasteiger partial charge in [-0.15, -0.1) is 0 Å². The molecule has 0 atom stereocenters. The Hall–Kier alpha value is -2.76. The summed E-state index contributed by atoms with van der Waals surface area (Å²) in [6.07, 6.45) is 3.05. The zero-order valence-corrected chi connectivity index (χ0v) is 10.2. The van der Waals surface area contributed by atoms with Crippen LogP contribution in [0.3, 0.4) is 0 Å². The van der Waals surface area contributed by atoms with Crippen molar-refractivity contribution in [1.82, 2.24) is 19.9 Å². The summed E-state index contributed by atoms with van der Waals surface area (Å²) in [7, 11) is 0. The van der Waals surface area contributed by atoms with Gasteiger partial charge in [-0.05, 0) is 25.1 Å². The van der Waals surface area contributed by atoms with Crippen molar-refractivity contribution >= 4 is 16.9 Å². The van der Waals surface area contributed by atoms with Gasteiger partial charge in [-0.1, -0.05) is 0 Å².